The maximum Gasteiger partial charge on any atom is 0.226 e. The van der Waals surface area contributed by atoms with Gasteiger partial charge in [0.1, 0.15) is 5.84 Å². The van der Waals surface area contributed by atoms with Crippen molar-refractivity contribution in [2.24, 2.45) is 4.99 Å². The van der Waals surface area contributed by atoms with Gasteiger partial charge in [-0.3, -0.25) is 4.99 Å². The van der Waals surface area contributed by atoms with Gasteiger partial charge in [0.25, 0.3) is 0 Å². The quantitative estimate of drug-likeness (QED) is 0.284. The maximum atomic E-state index is 5.18. The highest BCUT2D eigenvalue weighted by Crippen LogP contribution is 2.10. The summed E-state index contributed by atoms with van der Waals surface area (Å²) >= 11 is 0. The predicted octanol–water partition coefficient (Wildman–Crippen LogP) is 4.31. The van der Waals surface area contributed by atoms with Crippen LogP contribution in [-0.2, 0) is 17.8 Å². The molecule has 0 saturated heterocycles. The van der Waals surface area contributed by atoms with Gasteiger partial charge in [-0.2, -0.15) is 4.98 Å². The average molecular weight is 398 g/mol. The van der Waals surface area contributed by atoms with Gasteiger partial charge < -0.3 is 20.1 Å². The van der Waals surface area contributed by atoms with Crippen LogP contribution >= 0.6 is 0 Å². The van der Waals surface area contributed by atoms with Crippen LogP contribution in [-0.4, -0.2) is 30.0 Å². The number of aromatic nitrogens is 2. The van der Waals surface area contributed by atoms with E-state index in [0.29, 0.717) is 30.8 Å². The number of amidine groups is 1. The Bertz CT molecular complexity index is 801. The number of aliphatic imine (C=N–C) groups is 1. The second-order valence-corrected chi connectivity index (χ2v) is 5.59. The Morgan fingerprint density at radius 3 is 2.45 bits per heavy atom. The molecular weight excluding hydrogens is 366 g/mol. The van der Waals surface area contributed by atoms with Gasteiger partial charge in [0.15, 0.2) is 5.88 Å². The third kappa shape index (κ3) is 8.92. The summed E-state index contributed by atoms with van der Waals surface area (Å²) in [6.45, 7) is 10.7. The molecule has 0 atom stereocenters. The molecule has 2 aromatic rings. The van der Waals surface area contributed by atoms with Gasteiger partial charge in [-0.15, -0.1) is 0 Å². The lowest BCUT2D eigenvalue weighted by Crippen LogP contribution is -2.20. The molecule has 0 fully saturated rings. The maximum absolute atomic E-state index is 5.18. The van der Waals surface area contributed by atoms with Gasteiger partial charge in [-0.1, -0.05) is 50.8 Å². The Labute approximate surface area is 173 Å². The van der Waals surface area contributed by atoms with Crippen LogP contribution in [0.5, 0.6) is 5.88 Å². The second kappa shape index (κ2) is 13.8. The van der Waals surface area contributed by atoms with Crippen molar-refractivity contribution < 1.29 is 9.47 Å². The number of nitrogens with one attached hydrogen (secondary N) is 2. The van der Waals surface area contributed by atoms with Crippen molar-refractivity contribution in [3.8, 4) is 5.88 Å². The first-order valence-corrected chi connectivity index (χ1v) is 9.48. The Morgan fingerprint density at radius 2 is 1.83 bits per heavy atom. The first-order valence-electron chi connectivity index (χ1n) is 9.48. The Kier molecular flexibility index (Phi) is 11.2. The molecule has 0 radical (unpaired) electrons. The van der Waals surface area contributed by atoms with Crippen molar-refractivity contribution in [1.29, 1.82) is 0 Å². The summed E-state index contributed by atoms with van der Waals surface area (Å²) in [5.74, 6) is 2.44. The molecule has 0 aliphatic rings. The highest BCUT2D eigenvalue weighted by atomic mass is 16.5. The van der Waals surface area contributed by atoms with Crippen molar-refractivity contribution in [2.45, 2.75) is 33.9 Å². The van der Waals surface area contributed by atoms with E-state index in [9.17, 15) is 0 Å². The molecule has 0 saturated carbocycles. The first-order chi connectivity index (χ1) is 14.1. The summed E-state index contributed by atoms with van der Waals surface area (Å²) in [4.78, 5) is 12.9. The first kappa shape index (κ1) is 23.7. The Balaban J connectivity index is 0.00000204. The lowest BCUT2D eigenvalue weighted by Gasteiger charge is -2.09. The van der Waals surface area contributed by atoms with Crippen molar-refractivity contribution in [3.05, 3.63) is 72.3 Å². The standard InChI is InChI=1S/C20H25N5O2.C2H6/c1-5-6-18(26-3)24-15(2)22-13-16-7-9-17(10-8-16)14-23-20-21-12-11-19(25-20)27-4;1-2/h5-12H,1,13-14H2,2-4H3,(H,22,24)(H,21,23,25);1-2H3/b18-6+;. The van der Waals surface area contributed by atoms with Gasteiger partial charge >= 0.3 is 0 Å². The van der Waals surface area contributed by atoms with E-state index >= 15 is 0 Å². The van der Waals surface area contributed by atoms with Gasteiger partial charge in [0.05, 0.1) is 20.8 Å². The van der Waals surface area contributed by atoms with Crippen molar-refractivity contribution >= 4 is 11.8 Å². The summed E-state index contributed by atoms with van der Waals surface area (Å²) in [6.07, 6.45) is 5.06. The number of methoxy groups -OCH3 is 2. The minimum absolute atomic E-state index is 0.532. The smallest absolute Gasteiger partial charge is 0.226 e. The minimum Gasteiger partial charge on any atom is -0.482 e. The zero-order chi connectivity index (χ0) is 21.5. The minimum atomic E-state index is 0.532. The SMILES string of the molecule is C=C/C=C(\NC(C)=NCc1ccc(CNc2nccc(OC)n2)cc1)OC.CC. The number of allylic oxidation sites excluding steroid dienone is 2. The highest BCUT2D eigenvalue weighted by molar-refractivity contribution is 5.80. The fraction of sp³-hybridized carbons (Fsp3) is 0.318. The Morgan fingerprint density at radius 1 is 1.14 bits per heavy atom. The van der Waals surface area contributed by atoms with E-state index in [-0.39, 0.29) is 0 Å². The molecule has 1 aromatic carbocycles. The third-order valence-corrected chi connectivity index (χ3v) is 3.60. The third-order valence-electron chi connectivity index (χ3n) is 3.60. The second-order valence-electron chi connectivity index (χ2n) is 5.59. The molecule has 156 valence electrons. The fourth-order valence-corrected chi connectivity index (χ4v) is 2.18. The van der Waals surface area contributed by atoms with Gasteiger partial charge in [0, 0.05) is 18.8 Å². The molecule has 1 heterocycles. The number of anilines is 1. The van der Waals surface area contributed by atoms with Gasteiger partial charge in [-0.05, 0) is 24.1 Å². The van der Waals surface area contributed by atoms with Crippen LogP contribution in [0.1, 0.15) is 31.9 Å². The average Bonchev–Trinajstić information content (AvgIpc) is 2.78. The van der Waals surface area contributed by atoms with E-state index in [2.05, 4.69) is 56.4 Å². The normalized spacial score (nSPS) is 11.1. The summed E-state index contributed by atoms with van der Waals surface area (Å²) in [5, 5.41) is 6.26. The van der Waals surface area contributed by atoms with E-state index < -0.39 is 0 Å². The topological polar surface area (TPSA) is 80.7 Å². The molecule has 0 unspecified atom stereocenters. The molecule has 7 heteroatoms. The molecule has 0 bridgehead atoms. The number of benzene rings is 1. The molecule has 7 nitrogen and oxygen atoms in total. The zero-order valence-electron chi connectivity index (χ0n) is 17.9. The zero-order valence-corrected chi connectivity index (χ0v) is 17.9. The van der Waals surface area contributed by atoms with E-state index in [1.165, 1.54) is 0 Å². The molecule has 2 rings (SSSR count). The van der Waals surface area contributed by atoms with Gasteiger partial charge in [0.2, 0.25) is 11.8 Å². The van der Waals surface area contributed by atoms with Crippen molar-refractivity contribution in [1.82, 2.24) is 15.3 Å². The van der Waals surface area contributed by atoms with E-state index in [4.69, 9.17) is 9.47 Å². The van der Waals surface area contributed by atoms with Crippen LogP contribution in [0.2, 0.25) is 0 Å². The van der Waals surface area contributed by atoms with Crippen LogP contribution in [0.4, 0.5) is 5.95 Å². The molecule has 1 aromatic heterocycles. The van der Waals surface area contributed by atoms with Crippen LogP contribution < -0.4 is 15.4 Å². The van der Waals surface area contributed by atoms with Crippen molar-refractivity contribution in [3.63, 3.8) is 0 Å². The summed E-state index contributed by atoms with van der Waals surface area (Å²) < 4.78 is 10.3. The lowest BCUT2D eigenvalue weighted by molar-refractivity contribution is 0.275. The molecule has 0 spiro atoms. The molecular formula is C22H31N5O2. The summed E-state index contributed by atoms with van der Waals surface area (Å²) in [5.41, 5.74) is 2.24. The predicted molar refractivity (Wildman–Crippen MR) is 119 cm³/mol. The molecule has 29 heavy (non-hydrogen) atoms. The van der Waals surface area contributed by atoms with Crippen LogP contribution in [0.25, 0.3) is 0 Å². The number of ether oxygens (including phenoxy) is 2. The van der Waals surface area contributed by atoms with Crippen LogP contribution in [0, 0.1) is 0 Å². The largest absolute Gasteiger partial charge is 0.482 e. The van der Waals surface area contributed by atoms with Crippen LogP contribution in [0.3, 0.4) is 0 Å². The van der Waals surface area contributed by atoms with E-state index in [0.717, 1.165) is 17.0 Å². The lowest BCUT2D eigenvalue weighted by atomic mass is 10.1. The van der Waals surface area contributed by atoms with Gasteiger partial charge in [-0.25, -0.2) is 4.98 Å². The number of hydrogen-bond donors (Lipinski definition) is 2. The fourth-order valence-electron chi connectivity index (χ4n) is 2.18. The number of hydrogen-bond acceptors (Lipinski definition) is 6. The number of rotatable bonds is 9. The van der Waals surface area contributed by atoms with E-state index in [1.807, 2.05) is 20.8 Å². The molecule has 0 amide bonds. The molecule has 0 aliphatic carbocycles. The van der Waals surface area contributed by atoms with E-state index in [1.54, 1.807) is 38.6 Å². The number of nitrogens with zero attached hydrogens (tertiary/aromatic N) is 3. The summed E-state index contributed by atoms with van der Waals surface area (Å²) in [6, 6.07) is 9.92. The van der Waals surface area contributed by atoms with Crippen LogP contribution in [0.15, 0.2) is 66.1 Å². The molecule has 2 N–H and O–H groups in total. The molecule has 0 aliphatic heterocycles. The summed E-state index contributed by atoms with van der Waals surface area (Å²) in [7, 11) is 3.18. The monoisotopic (exact) mass is 397 g/mol. The Hall–Kier alpha value is -3.35. The van der Waals surface area contributed by atoms with Crippen molar-refractivity contribution in [2.75, 3.05) is 19.5 Å². The highest BCUT2D eigenvalue weighted by Gasteiger charge is 2.00.